The molecule has 0 saturated heterocycles. The number of carbonyl (C=O) groups is 10. The number of hydrogen-bond donors (Lipinski definition) is 12. The van der Waals surface area contributed by atoms with Gasteiger partial charge in [0, 0.05) is 6.42 Å². The predicted octanol–water partition coefficient (Wildman–Crippen LogP) is -2.68. The average Bonchev–Trinajstić information content (AvgIpc) is 3.20. The summed E-state index contributed by atoms with van der Waals surface area (Å²) in [6.07, 6.45) is -2.38. The Morgan fingerprint density at radius 3 is 1.61 bits per heavy atom. The lowest BCUT2D eigenvalue weighted by Crippen LogP contribution is -2.62. The molecule has 1 aromatic carbocycles. The zero-order valence-corrected chi connectivity index (χ0v) is 37.8. The van der Waals surface area contributed by atoms with Gasteiger partial charge in [-0.1, -0.05) is 78.3 Å². The number of carbonyl (C=O) groups excluding carboxylic acids is 9. The van der Waals surface area contributed by atoms with E-state index in [1.54, 1.807) is 71.9 Å². The molecule has 0 aliphatic rings. The molecule has 0 aromatic heterocycles. The van der Waals surface area contributed by atoms with Crippen LogP contribution in [-0.2, 0) is 54.4 Å². The van der Waals surface area contributed by atoms with Gasteiger partial charge in [-0.25, -0.2) is 0 Å². The first-order valence-corrected chi connectivity index (χ1v) is 21.2. The molecule has 22 heteroatoms. The Bertz CT molecular complexity index is 1790. The minimum atomic E-state index is -1.80. The lowest BCUT2D eigenvalue weighted by atomic mass is 9.97. The highest BCUT2D eigenvalue weighted by atomic mass is 16.4. The summed E-state index contributed by atoms with van der Waals surface area (Å²) in [5.74, 6) is -10.7. The number of aliphatic hydroxyl groups is 1. The monoisotopic (exact) mass is 905 g/mol. The molecule has 0 fully saturated rings. The normalized spacial score (nSPS) is 15.9. The summed E-state index contributed by atoms with van der Waals surface area (Å²) < 4.78 is 0. The molecule has 358 valence electrons. The van der Waals surface area contributed by atoms with Crippen LogP contribution in [0.2, 0.25) is 0 Å². The number of nitrogens with one attached hydrogen (secondary N) is 7. The molecule has 9 amide bonds. The van der Waals surface area contributed by atoms with Crippen molar-refractivity contribution in [3.8, 4) is 0 Å². The lowest BCUT2D eigenvalue weighted by Gasteiger charge is -2.29. The summed E-state index contributed by atoms with van der Waals surface area (Å²) in [4.78, 5) is 129. The molecule has 0 aliphatic heterocycles. The first-order valence-electron chi connectivity index (χ1n) is 21.2. The van der Waals surface area contributed by atoms with Crippen LogP contribution in [0.1, 0.15) is 93.1 Å². The van der Waals surface area contributed by atoms with Crippen molar-refractivity contribution in [2.24, 2.45) is 35.0 Å². The van der Waals surface area contributed by atoms with Crippen LogP contribution in [0.15, 0.2) is 30.3 Å². The van der Waals surface area contributed by atoms with E-state index in [1.165, 1.54) is 13.8 Å². The van der Waals surface area contributed by atoms with Crippen molar-refractivity contribution in [2.75, 3.05) is 0 Å². The van der Waals surface area contributed by atoms with E-state index in [9.17, 15) is 58.2 Å². The molecule has 15 N–H and O–H groups in total. The highest BCUT2D eigenvalue weighted by Crippen LogP contribution is 2.12. The second-order valence-corrected chi connectivity index (χ2v) is 16.7. The maximum Gasteiger partial charge on any atom is 0.305 e. The largest absolute Gasteiger partial charge is 0.481 e. The molecule has 0 bridgehead atoms. The van der Waals surface area contributed by atoms with Crippen LogP contribution < -0.4 is 54.4 Å². The molecular formula is C42H68N10O12. The first kappa shape index (κ1) is 55.9. The van der Waals surface area contributed by atoms with Crippen LogP contribution >= 0.6 is 0 Å². The van der Waals surface area contributed by atoms with Gasteiger partial charge in [-0.15, -0.1) is 0 Å². The molecule has 0 unspecified atom stereocenters. The van der Waals surface area contributed by atoms with Crippen molar-refractivity contribution in [3.05, 3.63) is 35.9 Å². The quantitative estimate of drug-likeness (QED) is 0.0409. The fourth-order valence-corrected chi connectivity index (χ4v) is 6.22. The smallest absolute Gasteiger partial charge is 0.305 e. The van der Waals surface area contributed by atoms with Crippen molar-refractivity contribution >= 4 is 59.1 Å². The van der Waals surface area contributed by atoms with Crippen molar-refractivity contribution in [3.63, 3.8) is 0 Å². The summed E-state index contributed by atoms with van der Waals surface area (Å²) >= 11 is 0. The second kappa shape index (κ2) is 27.1. The molecule has 10 atom stereocenters. The topological polar surface area (TPSA) is 373 Å². The number of carboxylic acid groups (broad SMARTS) is 1. The van der Waals surface area contributed by atoms with Crippen LogP contribution in [-0.4, -0.2) is 124 Å². The number of benzene rings is 1. The predicted molar refractivity (Wildman–Crippen MR) is 233 cm³/mol. The van der Waals surface area contributed by atoms with Gasteiger partial charge < -0.3 is 64.6 Å². The fraction of sp³-hybridized carbons (Fsp3) is 0.619. The van der Waals surface area contributed by atoms with Gasteiger partial charge in [-0.3, -0.25) is 47.9 Å². The maximum atomic E-state index is 13.8. The number of aliphatic hydroxyl groups excluding tert-OH is 1. The Hall–Kier alpha value is -6.16. The third kappa shape index (κ3) is 19.5. The fourth-order valence-electron chi connectivity index (χ4n) is 6.22. The minimum Gasteiger partial charge on any atom is -0.481 e. The number of carboxylic acids is 1. The van der Waals surface area contributed by atoms with E-state index in [0.29, 0.717) is 6.42 Å². The zero-order valence-electron chi connectivity index (χ0n) is 37.8. The molecule has 1 rings (SSSR count). The maximum absolute atomic E-state index is 13.8. The van der Waals surface area contributed by atoms with E-state index in [-0.39, 0.29) is 31.6 Å². The van der Waals surface area contributed by atoms with E-state index < -0.39 is 132 Å². The highest BCUT2D eigenvalue weighted by Gasteiger charge is 2.36. The van der Waals surface area contributed by atoms with Crippen LogP contribution in [0.3, 0.4) is 0 Å². The van der Waals surface area contributed by atoms with Gasteiger partial charge in [0.05, 0.1) is 18.6 Å². The first-order chi connectivity index (χ1) is 29.8. The molecular weight excluding hydrogens is 837 g/mol. The molecule has 0 radical (unpaired) electrons. The number of amides is 9. The Labute approximate surface area is 373 Å². The summed E-state index contributed by atoms with van der Waals surface area (Å²) in [5.41, 5.74) is 17.3. The molecule has 0 saturated carbocycles. The van der Waals surface area contributed by atoms with Crippen molar-refractivity contribution < 1.29 is 58.2 Å². The van der Waals surface area contributed by atoms with E-state index in [0.717, 1.165) is 5.56 Å². The van der Waals surface area contributed by atoms with E-state index in [4.69, 9.17) is 17.2 Å². The van der Waals surface area contributed by atoms with Gasteiger partial charge in [-0.05, 0) is 56.4 Å². The van der Waals surface area contributed by atoms with Gasteiger partial charge >= 0.3 is 5.97 Å². The van der Waals surface area contributed by atoms with E-state index in [1.807, 2.05) is 0 Å². The van der Waals surface area contributed by atoms with E-state index in [2.05, 4.69) is 37.2 Å². The summed E-state index contributed by atoms with van der Waals surface area (Å²) in [6, 6.07) is -2.20. The molecule has 0 heterocycles. The van der Waals surface area contributed by atoms with Crippen LogP contribution in [0, 0.1) is 17.8 Å². The highest BCUT2D eigenvalue weighted by molar-refractivity contribution is 5.98. The van der Waals surface area contributed by atoms with Gasteiger partial charge in [0.2, 0.25) is 53.2 Å². The van der Waals surface area contributed by atoms with Crippen LogP contribution in [0.25, 0.3) is 0 Å². The molecule has 0 spiro atoms. The van der Waals surface area contributed by atoms with E-state index >= 15 is 0 Å². The Morgan fingerprint density at radius 1 is 0.609 bits per heavy atom. The van der Waals surface area contributed by atoms with Crippen LogP contribution in [0.4, 0.5) is 0 Å². The van der Waals surface area contributed by atoms with Gasteiger partial charge in [0.25, 0.3) is 0 Å². The number of primary amides is 2. The van der Waals surface area contributed by atoms with Gasteiger partial charge in [0.1, 0.15) is 42.3 Å². The third-order valence-electron chi connectivity index (χ3n) is 10.2. The number of nitrogens with two attached hydrogens (primary N) is 3. The zero-order chi connectivity index (χ0) is 49.0. The lowest BCUT2D eigenvalue weighted by molar-refractivity contribution is -0.142. The number of aliphatic carboxylic acids is 1. The van der Waals surface area contributed by atoms with Crippen molar-refractivity contribution in [1.82, 2.24) is 37.2 Å². The average molecular weight is 905 g/mol. The van der Waals surface area contributed by atoms with Gasteiger partial charge in [-0.2, -0.15) is 0 Å². The van der Waals surface area contributed by atoms with Gasteiger partial charge in [0.15, 0.2) is 0 Å². The van der Waals surface area contributed by atoms with Crippen molar-refractivity contribution in [2.45, 2.75) is 148 Å². The summed E-state index contributed by atoms with van der Waals surface area (Å²) in [7, 11) is 0. The standard InChI is InChI=1S/C42H68N10O12/c1-9-22(6)33(41(63)47-27(35(45)57)15-16-30(44)54)51-36(58)23(7)46-40(62)32(21(4)5)50-39(61)28(17-20(2)3)48-38(60)29(19-31(55)56)49-42(64)34(24(8)53)52-37(59)26(43)18-25-13-11-10-12-14-25/h10-14,20-24,26-29,32-34,53H,9,15-19,43H2,1-8H3,(H2,44,54)(H2,45,57)(H,46,62)(H,47,63)(H,48,60)(H,49,64)(H,50,61)(H,51,58)(H,52,59)(H,55,56)/t22-,23-,24+,26-,27-,28-,29-,32-,33-,34-/m0/s1. The Morgan fingerprint density at radius 2 is 1.11 bits per heavy atom. The SMILES string of the molecule is CC[C@H](C)[C@H](NC(=O)[C@H](C)NC(=O)[C@@H](NC(=O)[C@H](CC(C)C)NC(=O)[C@H](CC(=O)O)NC(=O)[C@@H](NC(=O)[C@@H](N)Cc1ccccc1)[C@@H](C)O)C(C)C)C(=O)N[C@@H](CCC(N)=O)C(N)=O. The third-order valence-corrected chi connectivity index (χ3v) is 10.2. The minimum absolute atomic E-state index is 0.0135. The number of rotatable bonds is 28. The van der Waals surface area contributed by atoms with Crippen LogP contribution in [0.5, 0.6) is 0 Å². The molecule has 22 nitrogen and oxygen atoms in total. The molecule has 0 aliphatic carbocycles. The molecule has 64 heavy (non-hydrogen) atoms. The Balaban J connectivity index is 3.18. The second-order valence-electron chi connectivity index (χ2n) is 16.7. The number of hydrogen-bond acceptors (Lipinski definition) is 12. The van der Waals surface area contributed by atoms with Crippen molar-refractivity contribution in [1.29, 1.82) is 0 Å². The molecule has 1 aromatic rings. The Kier molecular flexibility index (Phi) is 23.7. The summed E-state index contributed by atoms with van der Waals surface area (Å²) in [6.45, 7) is 12.6. The summed E-state index contributed by atoms with van der Waals surface area (Å²) in [5, 5.41) is 37.2.